The van der Waals surface area contributed by atoms with Gasteiger partial charge in [-0.15, -0.1) is 0 Å². The zero-order chi connectivity index (χ0) is 19.1. The van der Waals surface area contributed by atoms with Crippen LogP contribution in [-0.4, -0.2) is 17.6 Å². The normalized spacial score (nSPS) is 19.5. The molecular weight excluding hydrogens is 337 g/mol. The van der Waals surface area contributed by atoms with Crippen LogP contribution in [-0.2, 0) is 12.8 Å². The topological polar surface area (TPSA) is 50.9 Å². The van der Waals surface area contributed by atoms with E-state index < -0.39 is 0 Å². The van der Waals surface area contributed by atoms with Crippen LogP contribution in [0.3, 0.4) is 0 Å². The van der Waals surface area contributed by atoms with Crippen LogP contribution in [0.15, 0.2) is 36.4 Å². The van der Waals surface area contributed by atoms with Gasteiger partial charge in [-0.05, 0) is 93.3 Å². The second-order valence-electron chi connectivity index (χ2n) is 7.96. The lowest BCUT2D eigenvalue weighted by atomic mass is 9.96. The molecule has 0 bridgehead atoms. The average Bonchev–Trinajstić information content (AvgIpc) is 3.04. The van der Waals surface area contributed by atoms with Crippen molar-refractivity contribution in [3.05, 3.63) is 59.0 Å². The summed E-state index contributed by atoms with van der Waals surface area (Å²) in [6.07, 6.45) is 9.27. The predicted molar refractivity (Wildman–Crippen MR) is 110 cm³/mol. The molecule has 0 spiro atoms. The van der Waals surface area contributed by atoms with E-state index in [1.165, 1.54) is 43.7 Å². The fourth-order valence-corrected chi connectivity index (χ4v) is 4.30. The molecular formula is C23H32FN3. The minimum Gasteiger partial charge on any atom is -0.384 e. The first kappa shape index (κ1) is 19.8. The van der Waals surface area contributed by atoms with Crippen molar-refractivity contribution in [2.24, 2.45) is 5.92 Å². The maximum Gasteiger partial charge on any atom is 0.123 e. The van der Waals surface area contributed by atoms with Crippen molar-refractivity contribution in [3.63, 3.8) is 0 Å². The molecule has 1 aliphatic rings. The molecule has 1 saturated carbocycles. The molecule has 27 heavy (non-hydrogen) atoms. The fourth-order valence-electron chi connectivity index (χ4n) is 4.30. The molecule has 2 aromatic rings. The van der Waals surface area contributed by atoms with Gasteiger partial charge in [-0.2, -0.15) is 0 Å². The highest BCUT2D eigenvalue weighted by atomic mass is 19.1. The van der Waals surface area contributed by atoms with Gasteiger partial charge >= 0.3 is 0 Å². The van der Waals surface area contributed by atoms with E-state index in [0.29, 0.717) is 17.8 Å². The van der Waals surface area contributed by atoms with E-state index in [9.17, 15) is 4.39 Å². The Morgan fingerprint density at radius 1 is 1.15 bits per heavy atom. The largest absolute Gasteiger partial charge is 0.384 e. The number of anilines is 1. The minimum atomic E-state index is -0.133. The lowest BCUT2D eigenvalue weighted by Crippen LogP contribution is -2.34. The summed E-state index contributed by atoms with van der Waals surface area (Å²) < 4.78 is 13.2. The summed E-state index contributed by atoms with van der Waals surface area (Å²) in [6, 6.07) is 11.6. The molecule has 2 atom stereocenters. The molecule has 4 heteroatoms. The Morgan fingerprint density at radius 2 is 2.04 bits per heavy atom. The predicted octanol–water partition coefficient (Wildman–Crippen LogP) is 4.83. The molecule has 1 fully saturated rings. The molecule has 3 N–H and O–H groups in total. The van der Waals surface area contributed by atoms with Gasteiger partial charge < -0.3 is 11.1 Å². The number of nitrogens with zero attached hydrogens (tertiary/aromatic N) is 1. The Bertz CT molecular complexity index is 711. The Balaban J connectivity index is 1.36. The zero-order valence-corrected chi connectivity index (χ0v) is 16.4. The maximum absolute atomic E-state index is 13.2. The number of nitrogen functional groups attached to an aromatic ring is 1. The van der Waals surface area contributed by atoms with E-state index in [1.807, 2.05) is 12.1 Å². The molecule has 1 heterocycles. The Hall–Kier alpha value is -1.94. The van der Waals surface area contributed by atoms with Gasteiger partial charge in [-0.25, -0.2) is 9.37 Å². The number of nitrogens with two attached hydrogens (primary N) is 1. The van der Waals surface area contributed by atoms with Gasteiger partial charge in [-0.3, -0.25) is 0 Å². The Labute approximate surface area is 162 Å². The number of aryl methyl sites for hydroxylation is 2. The third-order valence-corrected chi connectivity index (χ3v) is 5.61. The first-order valence-electron chi connectivity index (χ1n) is 10.3. The summed E-state index contributed by atoms with van der Waals surface area (Å²) in [5.41, 5.74) is 9.32. The third kappa shape index (κ3) is 6.31. The average molecular weight is 370 g/mol. The molecule has 0 aliphatic heterocycles. The van der Waals surface area contributed by atoms with E-state index in [-0.39, 0.29) is 5.82 Å². The highest BCUT2D eigenvalue weighted by Crippen LogP contribution is 2.29. The monoisotopic (exact) mass is 369 g/mol. The first-order chi connectivity index (χ1) is 13.1. The molecule has 146 valence electrons. The van der Waals surface area contributed by atoms with E-state index in [4.69, 9.17) is 5.73 Å². The molecule has 0 radical (unpaired) electrons. The van der Waals surface area contributed by atoms with Gasteiger partial charge in [0.15, 0.2) is 0 Å². The second kappa shape index (κ2) is 9.84. The number of pyridine rings is 1. The zero-order valence-electron chi connectivity index (χ0n) is 16.4. The summed E-state index contributed by atoms with van der Waals surface area (Å²) in [5, 5.41) is 3.77. The van der Waals surface area contributed by atoms with Crippen LogP contribution in [0.2, 0.25) is 0 Å². The van der Waals surface area contributed by atoms with Crippen molar-refractivity contribution in [1.29, 1.82) is 0 Å². The summed E-state index contributed by atoms with van der Waals surface area (Å²) >= 11 is 0. The summed E-state index contributed by atoms with van der Waals surface area (Å²) in [6.45, 7) is 3.14. The SMILES string of the molecule is Cc1cc(N)nc(C[C@H]2CCC[C@@H]2NCCCCCc2cccc(F)c2)c1. The lowest BCUT2D eigenvalue weighted by molar-refractivity contribution is 0.391. The standard InChI is InChI=1S/C23H32FN3/c1-17-13-21(27-23(25)14-17)16-19-9-6-11-22(19)26-12-4-2-3-7-18-8-5-10-20(24)15-18/h5,8,10,13-15,19,22,26H,2-4,6-7,9,11-12,16H2,1H3,(H2,25,27)/t19-,22+/m1/s1. The molecule has 0 saturated heterocycles. The van der Waals surface area contributed by atoms with Crippen molar-refractivity contribution >= 4 is 5.82 Å². The van der Waals surface area contributed by atoms with Crippen LogP contribution in [0.5, 0.6) is 0 Å². The molecule has 3 nitrogen and oxygen atoms in total. The van der Waals surface area contributed by atoms with Crippen LogP contribution in [0.1, 0.15) is 55.3 Å². The van der Waals surface area contributed by atoms with Crippen molar-refractivity contribution < 1.29 is 4.39 Å². The smallest absolute Gasteiger partial charge is 0.123 e. The van der Waals surface area contributed by atoms with E-state index in [2.05, 4.69) is 23.3 Å². The molecule has 1 aliphatic carbocycles. The number of unbranched alkanes of at least 4 members (excludes halogenated alkanes) is 2. The highest BCUT2D eigenvalue weighted by Gasteiger charge is 2.27. The summed E-state index contributed by atoms with van der Waals surface area (Å²) in [4.78, 5) is 4.51. The summed E-state index contributed by atoms with van der Waals surface area (Å²) in [7, 11) is 0. The molecule has 0 unspecified atom stereocenters. The van der Waals surface area contributed by atoms with E-state index in [1.54, 1.807) is 12.1 Å². The van der Waals surface area contributed by atoms with Crippen LogP contribution >= 0.6 is 0 Å². The van der Waals surface area contributed by atoms with E-state index >= 15 is 0 Å². The highest BCUT2D eigenvalue weighted by molar-refractivity contribution is 5.34. The number of hydrogen-bond acceptors (Lipinski definition) is 3. The molecule has 3 rings (SSSR count). The van der Waals surface area contributed by atoms with Gasteiger partial charge in [-0.1, -0.05) is 25.0 Å². The number of rotatable bonds is 9. The Kier molecular flexibility index (Phi) is 7.22. The van der Waals surface area contributed by atoms with Crippen LogP contribution in [0.4, 0.5) is 10.2 Å². The van der Waals surface area contributed by atoms with Crippen molar-refractivity contribution in [2.75, 3.05) is 12.3 Å². The van der Waals surface area contributed by atoms with Gasteiger partial charge in [0.05, 0.1) is 0 Å². The number of benzene rings is 1. The quantitative estimate of drug-likeness (QED) is 0.623. The van der Waals surface area contributed by atoms with Crippen LogP contribution in [0.25, 0.3) is 0 Å². The third-order valence-electron chi connectivity index (χ3n) is 5.61. The van der Waals surface area contributed by atoms with Gasteiger partial charge in [0.2, 0.25) is 0 Å². The van der Waals surface area contributed by atoms with Gasteiger partial charge in [0.1, 0.15) is 11.6 Å². The number of hydrogen-bond donors (Lipinski definition) is 2. The van der Waals surface area contributed by atoms with Crippen molar-refractivity contribution in [1.82, 2.24) is 10.3 Å². The van der Waals surface area contributed by atoms with Gasteiger partial charge in [0.25, 0.3) is 0 Å². The minimum absolute atomic E-state index is 0.133. The van der Waals surface area contributed by atoms with Crippen molar-refractivity contribution in [2.45, 2.75) is 64.3 Å². The first-order valence-corrected chi connectivity index (χ1v) is 10.3. The number of nitrogens with one attached hydrogen (secondary N) is 1. The van der Waals surface area contributed by atoms with Crippen LogP contribution < -0.4 is 11.1 Å². The summed E-state index contributed by atoms with van der Waals surface area (Å²) in [5.74, 6) is 1.16. The van der Waals surface area contributed by atoms with Crippen LogP contribution in [0, 0.1) is 18.7 Å². The number of halogens is 1. The maximum atomic E-state index is 13.2. The van der Waals surface area contributed by atoms with E-state index in [0.717, 1.165) is 37.1 Å². The van der Waals surface area contributed by atoms with Gasteiger partial charge in [0, 0.05) is 11.7 Å². The Morgan fingerprint density at radius 3 is 2.85 bits per heavy atom. The molecule has 1 aromatic carbocycles. The number of aromatic nitrogens is 1. The molecule has 1 aromatic heterocycles. The lowest BCUT2D eigenvalue weighted by Gasteiger charge is -2.21. The fraction of sp³-hybridized carbons (Fsp3) is 0.522. The molecule has 0 amide bonds. The van der Waals surface area contributed by atoms with Crippen molar-refractivity contribution in [3.8, 4) is 0 Å². The second-order valence-corrected chi connectivity index (χ2v) is 7.96.